The summed E-state index contributed by atoms with van der Waals surface area (Å²) in [5.74, 6) is -0.302. The van der Waals surface area contributed by atoms with Gasteiger partial charge in [0.25, 0.3) is 0 Å². The van der Waals surface area contributed by atoms with Gasteiger partial charge in [-0.25, -0.2) is 0 Å². The minimum absolute atomic E-state index is 0. The third-order valence-electron chi connectivity index (χ3n) is 3.62. The van der Waals surface area contributed by atoms with E-state index in [2.05, 4.69) is 5.32 Å². The number of ether oxygens (including phenoxy) is 1. The Balaban J connectivity index is 0.00000400. The van der Waals surface area contributed by atoms with Gasteiger partial charge in [-0.3, -0.25) is 9.59 Å². The van der Waals surface area contributed by atoms with Crippen LogP contribution in [0.15, 0.2) is 0 Å². The molecule has 2 atom stereocenters. The molecule has 1 fully saturated rings. The standard InChI is InChI=1S/C14H27N3O3.ClH/c1-4-6-14(3,15)13(19)16-11(5-2)12(18)17-7-9-20-10-8-17;/h11H,4-10,15H2,1-3H3,(H,16,19);1H. The number of nitrogens with one attached hydrogen (secondary N) is 1. The molecular formula is C14H28ClN3O3. The Morgan fingerprint density at radius 3 is 2.38 bits per heavy atom. The van der Waals surface area contributed by atoms with Crippen molar-refractivity contribution in [2.45, 2.75) is 51.6 Å². The summed E-state index contributed by atoms with van der Waals surface area (Å²) in [7, 11) is 0. The second-order valence-electron chi connectivity index (χ2n) is 5.54. The van der Waals surface area contributed by atoms with Crippen LogP contribution in [0.4, 0.5) is 0 Å². The molecule has 0 aromatic carbocycles. The van der Waals surface area contributed by atoms with Gasteiger partial charge in [-0.2, -0.15) is 0 Å². The lowest BCUT2D eigenvalue weighted by Gasteiger charge is -2.32. The smallest absolute Gasteiger partial charge is 0.245 e. The summed E-state index contributed by atoms with van der Waals surface area (Å²) in [5.41, 5.74) is 5.07. The number of halogens is 1. The van der Waals surface area contributed by atoms with Crippen LogP contribution in [0.2, 0.25) is 0 Å². The number of hydrogen-bond donors (Lipinski definition) is 2. The summed E-state index contributed by atoms with van der Waals surface area (Å²) in [6.45, 7) is 7.85. The molecule has 0 aliphatic carbocycles. The lowest BCUT2D eigenvalue weighted by molar-refractivity contribution is -0.140. The molecule has 124 valence electrons. The summed E-state index contributed by atoms with van der Waals surface area (Å²) in [6.07, 6.45) is 1.99. The average Bonchev–Trinajstić information content (AvgIpc) is 2.44. The van der Waals surface area contributed by atoms with Crippen LogP contribution >= 0.6 is 12.4 Å². The van der Waals surface area contributed by atoms with Crippen molar-refractivity contribution in [2.75, 3.05) is 26.3 Å². The second kappa shape index (κ2) is 9.23. The van der Waals surface area contributed by atoms with Crippen molar-refractivity contribution in [2.24, 2.45) is 5.73 Å². The lowest BCUT2D eigenvalue weighted by atomic mass is 9.96. The van der Waals surface area contributed by atoms with Gasteiger partial charge in [0, 0.05) is 13.1 Å². The lowest BCUT2D eigenvalue weighted by Crippen LogP contribution is -2.58. The highest BCUT2D eigenvalue weighted by molar-refractivity contribution is 5.91. The number of morpholine rings is 1. The molecule has 1 aliphatic heterocycles. The summed E-state index contributed by atoms with van der Waals surface area (Å²) >= 11 is 0. The molecule has 1 aliphatic rings. The van der Waals surface area contributed by atoms with Crippen LogP contribution in [-0.2, 0) is 14.3 Å². The van der Waals surface area contributed by atoms with Gasteiger partial charge in [-0.1, -0.05) is 20.3 Å². The molecule has 0 aromatic heterocycles. The Bertz CT molecular complexity index is 344. The molecule has 2 amide bonds. The van der Waals surface area contributed by atoms with E-state index < -0.39 is 11.6 Å². The van der Waals surface area contributed by atoms with Crippen molar-refractivity contribution >= 4 is 24.2 Å². The fraction of sp³-hybridized carbons (Fsp3) is 0.857. The second-order valence-corrected chi connectivity index (χ2v) is 5.54. The summed E-state index contributed by atoms with van der Waals surface area (Å²) in [5, 5.41) is 2.79. The molecule has 0 bridgehead atoms. The van der Waals surface area contributed by atoms with Crippen LogP contribution in [0.25, 0.3) is 0 Å². The highest BCUT2D eigenvalue weighted by atomic mass is 35.5. The van der Waals surface area contributed by atoms with Gasteiger partial charge < -0.3 is 20.7 Å². The van der Waals surface area contributed by atoms with Crippen LogP contribution in [0.1, 0.15) is 40.0 Å². The van der Waals surface area contributed by atoms with Gasteiger partial charge in [0.15, 0.2) is 0 Å². The van der Waals surface area contributed by atoms with Gasteiger partial charge in [0.1, 0.15) is 6.04 Å². The van der Waals surface area contributed by atoms with Gasteiger partial charge in [-0.15, -0.1) is 12.4 Å². The van der Waals surface area contributed by atoms with Crippen LogP contribution < -0.4 is 11.1 Å². The maximum Gasteiger partial charge on any atom is 0.245 e. The molecule has 2 unspecified atom stereocenters. The summed E-state index contributed by atoms with van der Waals surface area (Å²) in [4.78, 5) is 26.3. The third kappa shape index (κ3) is 5.80. The molecule has 1 saturated heterocycles. The fourth-order valence-electron chi connectivity index (χ4n) is 2.30. The number of rotatable bonds is 6. The minimum Gasteiger partial charge on any atom is -0.378 e. The largest absolute Gasteiger partial charge is 0.378 e. The predicted molar refractivity (Wildman–Crippen MR) is 84.4 cm³/mol. The molecule has 7 heteroatoms. The zero-order valence-corrected chi connectivity index (χ0v) is 14.0. The van der Waals surface area contributed by atoms with Crippen molar-refractivity contribution in [3.63, 3.8) is 0 Å². The first-order chi connectivity index (χ1) is 9.42. The molecule has 0 saturated carbocycles. The molecule has 1 heterocycles. The number of carbonyl (C=O) groups is 2. The minimum atomic E-state index is -0.923. The first kappa shape index (κ1) is 20.1. The molecule has 1 rings (SSSR count). The molecule has 0 aromatic rings. The van der Waals surface area contributed by atoms with Gasteiger partial charge >= 0.3 is 0 Å². The predicted octanol–water partition coefficient (Wildman–Crippen LogP) is 0.679. The quantitative estimate of drug-likeness (QED) is 0.753. The van der Waals surface area contributed by atoms with Gasteiger partial charge in [-0.05, 0) is 19.8 Å². The number of nitrogens with two attached hydrogens (primary N) is 1. The van der Waals surface area contributed by atoms with E-state index in [1.807, 2.05) is 13.8 Å². The van der Waals surface area contributed by atoms with E-state index in [-0.39, 0.29) is 24.2 Å². The van der Waals surface area contributed by atoms with Crippen molar-refractivity contribution in [1.29, 1.82) is 0 Å². The van der Waals surface area contributed by atoms with E-state index in [9.17, 15) is 9.59 Å². The highest BCUT2D eigenvalue weighted by Crippen LogP contribution is 2.10. The first-order valence-corrected chi connectivity index (χ1v) is 7.38. The molecule has 3 N–H and O–H groups in total. The molecule has 6 nitrogen and oxygen atoms in total. The first-order valence-electron chi connectivity index (χ1n) is 7.38. The number of hydrogen-bond acceptors (Lipinski definition) is 4. The topological polar surface area (TPSA) is 84.7 Å². The van der Waals surface area contributed by atoms with E-state index in [1.54, 1.807) is 11.8 Å². The SMILES string of the molecule is CCCC(C)(N)C(=O)NC(CC)C(=O)N1CCOCC1.Cl. The summed E-state index contributed by atoms with van der Waals surface area (Å²) < 4.78 is 5.23. The summed E-state index contributed by atoms with van der Waals surface area (Å²) in [6, 6.07) is -0.500. The van der Waals surface area contributed by atoms with E-state index >= 15 is 0 Å². The maximum absolute atomic E-state index is 12.4. The maximum atomic E-state index is 12.4. The normalized spacial score (nSPS) is 19.1. The van der Waals surface area contributed by atoms with Crippen molar-refractivity contribution < 1.29 is 14.3 Å². The van der Waals surface area contributed by atoms with Crippen LogP contribution in [0.3, 0.4) is 0 Å². The van der Waals surface area contributed by atoms with Gasteiger partial charge in [0.05, 0.1) is 18.8 Å². The van der Waals surface area contributed by atoms with E-state index in [1.165, 1.54) is 0 Å². The van der Waals surface area contributed by atoms with Gasteiger partial charge in [0.2, 0.25) is 11.8 Å². The van der Waals surface area contributed by atoms with E-state index in [4.69, 9.17) is 10.5 Å². The Morgan fingerprint density at radius 1 is 1.33 bits per heavy atom. The Hall–Kier alpha value is -0.850. The van der Waals surface area contributed by atoms with Crippen LogP contribution in [0.5, 0.6) is 0 Å². The van der Waals surface area contributed by atoms with Crippen molar-refractivity contribution in [3.8, 4) is 0 Å². The molecular weight excluding hydrogens is 294 g/mol. The van der Waals surface area contributed by atoms with Crippen molar-refractivity contribution in [1.82, 2.24) is 10.2 Å². The van der Waals surface area contributed by atoms with Crippen LogP contribution in [0, 0.1) is 0 Å². The zero-order chi connectivity index (χ0) is 15.2. The zero-order valence-electron chi connectivity index (χ0n) is 13.2. The molecule has 0 radical (unpaired) electrons. The number of carbonyl (C=O) groups excluding carboxylic acids is 2. The number of nitrogens with zero attached hydrogens (tertiary/aromatic N) is 1. The fourth-order valence-corrected chi connectivity index (χ4v) is 2.30. The Morgan fingerprint density at radius 2 is 1.90 bits per heavy atom. The third-order valence-corrected chi connectivity index (χ3v) is 3.62. The van der Waals surface area contributed by atoms with Crippen LogP contribution in [-0.4, -0.2) is 54.6 Å². The molecule has 21 heavy (non-hydrogen) atoms. The molecule has 0 spiro atoms. The number of amides is 2. The van der Waals surface area contributed by atoms with Crippen molar-refractivity contribution in [3.05, 3.63) is 0 Å². The highest BCUT2D eigenvalue weighted by Gasteiger charge is 2.32. The van der Waals surface area contributed by atoms with E-state index in [0.717, 1.165) is 6.42 Å². The monoisotopic (exact) mass is 321 g/mol. The Labute approximate surface area is 133 Å². The average molecular weight is 322 g/mol. The van der Waals surface area contributed by atoms with E-state index in [0.29, 0.717) is 39.1 Å². The Kier molecular flexibility index (Phi) is 8.85.